The summed E-state index contributed by atoms with van der Waals surface area (Å²) in [5, 5.41) is 3.67. The van der Waals surface area contributed by atoms with E-state index in [2.05, 4.69) is 31.3 Å². The van der Waals surface area contributed by atoms with E-state index < -0.39 is 10.8 Å². The van der Waals surface area contributed by atoms with Gasteiger partial charge in [-0.3, -0.25) is 4.21 Å². The molecule has 3 unspecified atom stereocenters. The molecule has 0 radical (unpaired) electrons. The molecule has 0 saturated carbocycles. The number of hydrogen-bond acceptors (Lipinski definition) is 2. The van der Waals surface area contributed by atoms with Gasteiger partial charge in [-0.25, -0.2) is 0 Å². The summed E-state index contributed by atoms with van der Waals surface area (Å²) in [4.78, 5) is 0. The van der Waals surface area contributed by atoms with Crippen molar-refractivity contribution in [3.05, 3.63) is 35.9 Å². The minimum absolute atomic E-state index is 0.136. The highest BCUT2D eigenvalue weighted by atomic mass is 32.2. The van der Waals surface area contributed by atoms with Gasteiger partial charge in [0.2, 0.25) is 0 Å². The summed E-state index contributed by atoms with van der Waals surface area (Å²) >= 11 is 0. The first-order valence-corrected chi connectivity index (χ1v) is 7.88. The molecule has 0 aromatic heterocycles. The molecule has 0 saturated heterocycles. The van der Waals surface area contributed by atoms with Crippen LogP contribution >= 0.6 is 0 Å². The van der Waals surface area contributed by atoms with Crippen molar-refractivity contribution in [3.63, 3.8) is 0 Å². The van der Waals surface area contributed by atoms with E-state index in [1.54, 1.807) is 0 Å². The van der Waals surface area contributed by atoms with Gasteiger partial charge in [-0.1, -0.05) is 58.0 Å². The Morgan fingerprint density at radius 2 is 1.61 bits per heavy atom. The smallest absolute Gasteiger partial charge is 0.0568 e. The van der Waals surface area contributed by atoms with E-state index in [-0.39, 0.29) is 16.5 Å². The lowest BCUT2D eigenvalue weighted by molar-refractivity contribution is 0.459. The normalized spacial score (nSPS) is 16.8. The van der Waals surface area contributed by atoms with Gasteiger partial charge in [-0.15, -0.1) is 0 Å². The first kappa shape index (κ1) is 15.4. The molecule has 0 bridgehead atoms. The van der Waals surface area contributed by atoms with Crippen LogP contribution in [0, 0.1) is 5.92 Å². The Kier molecular flexibility index (Phi) is 6.03. The molecular formula is C15H25NOS. The lowest BCUT2D eigenvalue weighted by Gasteiger charge is -2.31. The summed E-state index contributed by atoms with van der Waals surface area (Å²) in [5.41, 5.74) is 1.22. The van der Waals surface area contributed by atoms with Crippen LogP contribution in [0.4, 0.5) is 0 Å². The van der Waals surface area contributed by atoms with Gasteiger partial charge < -0.3 is 5.32 Å². The fourth-order valence-electron chi connectivity index (χ4n) is 2.28. The number of hydrogen-bond donors (Lipinski definition) is 1. The highest BCUT2D eigenvalue weighted by Gasteiger charge is 2.31. The van der Waals surface area contributed by atoms with Gasteiger partial charge in [0.05, 0.1) is 5.25 Å². The molecule has 0 aliphatic heterocycles. The maximum Gasteiger partial charge on any atom is 0.0568 e. The van der Waals surface area contributed by atoms with Gasteiger partial charge in [-0.2, -0.15) is 0 Å². The van der Waals surface area contributed by atoms with Crippen molar-refractivity contribution >= 4 is 10.8 Å². The SMILES string of the molecule is CNC(c1ccccc1)C(C(C)C)S(=O)C(C)C. The quantitative estimate of drug-likeness (QED) is 0.858. The summed E-state index contributed by atoms with van der Waals surface area (Å²) in [6.07, 6.45) is 0. The lowest BCUT2D eigenvalue weighted by atomic mass is 9.96. The predicted octanol–water partition coefficient (Wildman–Crippen LogP) is 3.13. The molecular weight excluding hydrogens is 242 g/mol. The van der Waals surface area contributed by atoms with Crippen LogP contribution in [0.25, 0.3) is 0 Å². The van der Waals surface area contributed by atoms with Gasteiger partial charge in [0.1, 0.15) is 0 Å². The highest BCUT2D eigenvalue weighted by Crippen LogP contribution is 2.27. The number of nitrogens with one attached hydrogen (secondary N) is 1. The maximum absolute atomic E-state index is 12.5. The fourth-order valence-corrected chi connectivity index (χ4v) is 4.01. The molecule has 18 heavy (non-hydrogen) atoms. The molecule has 0 spiro atoms. The average Bonchev–Trinajstić information content (AvgIpc) is 2.35. The predicted molar refractivity (Wildman–Crippen MR) is 80.1 cm³/mol. The van der Waals surface area contributed by atoms with E-state index in [0.717, 1.165) is 0 Å². The second-order valence-electron chi connectivity index (χ2n) is 5.26. The van der Waals surface area contributed by atoms with Crippen LogP contribution in [-0.4, -0.2) is 21.8 Å². The van der Waals surface area contributed by atoms with Gasteiger partial charge >= 0.3 is 0 Å². The zero-order chi connectivity index (χ0) is 13.7. The first-order valence-electron chi connectivity index (χ1n) is 6.60. The van der Waals surface area contributed by atoms with Gasteiger partial charge in [-0.05, 0) is 18.5 Å². The Labute approximate surface area is 114 Å². The average molecular weight is 267 g/mol. The van der Waals surface area contributed by atoms with Crippen molar-refractivity contribution < 1.29 is 4.21 Å². The molecule has 1 aromatic carbocycles. The zero-order valence-corrected chi connectivity index (χ0v) is 12.8. The van der Waals surface area contributed by atoms with Crippen LogP contribution in [0.1, 0.15) is 39.3 Å². The molecule has 3 heteroatoms. The number of rotatable bonds is 6. The van der Waals surface area contributed by atoms with Crippen molar-refractivity contribution in [1.82, 2.24) is 5.32 Å². The fraction of sp³-hybridized carbons (Fsp3) is 0.600. The molecule has 102 valence electrons. The monoisotopic (exact) mass is 267 g/mol. The zero-order valence-electron chi connectivity index (χ0n) is 12.0. The van der Waals surface area contributed by atoms with Gasteiger partial charge in [0.25, 0.3) is 0 Å². The second-order valence-corrected chi connectivity index (χ2v) is 7.41. The summed E-state index contributed by atoms with van der Waals surface area (Å²) in [5.74, 6) is 0.380. The summed E-state index contributed by atoms with van der Waals surface area (Å²) in [7, 11) is 1.12. The molecule has 1 aromatic rings. The van der Waals surface area contributed by atoms with Gasteiger partial charge in [0, 0.05) is 22.1 Å². The third-order valence-corrected chi connectivity index (χ3v) is 5.47. The Hall–Kier alpha value is -0.670. The summed E-state index contributed by atoms with van der Waals surface area (Å²) < 4.78 is 12.5. The van der Waals surface area contributed by atoms with E-state index in [4.69, 9.17) is 0 Å². The third-order valence-electron chi connectivity index (χ3n) is 3.19. The summed E-state index contributed by atoms with van der Waals surface area (Å²) in [6, 6.07) is 10.4. The Balaban J connectivity index is 3.06. The second kappa shape index (κ2) is 7.05. The highest BCUT2D eigenvalue weighted by molar-refractivity contribution is 7.86. The maximum atomic E-state index is 12.5. The lowest BCUT2D eigenvalue weighted by Crippen LogP contribution is -2.39. The molecule has 1 rings (SSSR count). The Bertz CT molecular complexity index is 375. The van der Waals surface area contributed by atoms with Crippen LogP contribution in [0.15, 0.2) is 30.3 Å². The topological polar surface area (TPSA) is 29.1 Å². The molecule has 0 fully saturated rings. The van der Waals surface area contributed by atoms with Crippen molar-refractivity contribution in [3.8, 4) is 0 Å². The largest absolute Gasteiger partial charge is 0.312 e. The number of benzene rings is 1. The Morgan fingerprint density at radius 1 is 1.06 bits per heavy atom. The van der Waals surface area contributed by atoms with E-state index >= 15 is 0 Å². The third kappa shape index (κ3) is 3.66. The van der Waals surface area contributed by atoms with Crippen LogP contribution < -0.4 is 5.32 Å². The van der Waals surface area contributed by atoms with Crippen molar-refractivity contribution in [2.75, 3.05) is 7.05 Å². The standard InChI is InChI=1S/C15H25NOS/c1-11(2)15(18(17)12(3)4)14(16-5)13-9-7-6-8-10-13/h6-12,14-16H,1-5H3. The van der Waals surface area contributed by atoms with E-state index in [9.17, 15) is 4.21 Å². The van der Waals surface area contributed by atoms with E-state index in [1.807, 2.05) is 39.1 Å². The van der Waals surface area contributed by atoms with Crippen LogP contribution in [0.3, 0.4) is 0 Å². The van der Waals surface area contributed by atoms with Crippen molar-refractivity contribution in [2.24, 2.45) is 5.92 Å². The van der Waals surface area contributed by atoms with Crippen LogP contribution in [0.5, 0.6) is 0 Å². The van der Waals surface area contributed by atoms with Crippen LogP contribution in [-0.2, 0) is 10.8 Å². The molecule has 0 heterocycles. The molecule has 1 N–H and O–H groups in total. The van der Waals surface area contributed by atoms with Crippen LogP contribution in [0.2, 0.25) is 0 Å². The van der Waals surface area contributed by atoms with Crippen molar-refractivity contribution in [2.45, 2.75) is 44.2 Å². The molecule has 3 atom stereocenters. The van der Waals surface area contributed by atoms with Gasteiger partial charge in [0.15, 0.2) is 0 Å². The molecule has 0 amide bonds. The molecule has 2 nitrogen and oxygen atoms in total. The minimum atomic E-state index is -0.833. The van der Waals surface area contributed by atoms with E-state index in [1.165, 1.54) is 5.56 Å². The first-order chi connectivity index (χ1) is 8.49. The molecule has 0 aliphatic rings. The summed E-state index contributed by atoms with van der Waals surface area (Å²) in [6.45, 7) is 8.36. The van der Waals surface area contributed by atoms with Crippen molar-refractivity contribution in [1.29, 1.82) is 0 Å². The Morgan fingerprint density at radius 3 is 2.00 bits per heavy atom. The van der Waals surface area contributed by atoms with E-state index in [0.29, 0.717) is 5.92 Å². The minimum Gasteiger partial charge on any atom is -0.312 e. The molecule has 0 aliphatic carbocycles.